The standard InChI is InChI=1S/C16H21F6N5O4/c1-4-12(31-27-14(24)26-13(23)25-8(2)3)28-10-6-5-9(29-15(17,18)19)7-11(10)30-16(20,21)22/h5-8,12H,4H2,1-3H3,(H5,23,24,25,26,27). The van der Waals surface area contributed by atoms with Gasteiger partial charge in [-0.1, -0.05) is 6.92 Å². The zero-order chi connectivity index (χ0) is 23.8. The van der Waals surface area contributed by atoms with E-state index in [0.717, 1.165) is 12.1 Å². The van der Waals surface area contributed by atoms with Crippen LogP contribution in [0.2, 0.25) is 0 Å². The quantitative estimate of drug-likeness (QED) is 0.132. The van der Waals surface area contributed by atoms with Gasteiger partial charge in [0.15, 0.2) is 17.5 Å². The van der Waals surface area contributed by atoms with E-state index in [1.54, 1.807) is 13.8 Å². The van der Waals surface area contributed by atoms with E-state index in [-0.39, 0.29) is 18.4 Å². The van der Waals surface area contributed by atoms with E-state index >= 15 is 0 Å². The fourth-order valence-electron chi connectivity index (χ4n) is 1.92. The second kappa shape index (κ2) is 10.8. The van der Waals surface area contributed by atoms with E-state index in [9.17, 15) is 26.3 Å². The van der Waals surface area contributed by atoms with Crippen molar-refractivity contribution in [2.24, 2.45) is 0 Å². The van der Waals surface area contributed by atoms with Crippen LogP contribution in [-0.4, -0.2) is 37.0 Å². The van der Waals surface area contributed by atoms with Crippen molar-refractivity contribution in [1.29, 1.82) is 10.8 Å². The van der Waals surface area contributed by atoms with Gasteiger partial charge >= 0.3 is 12.7 Å². The predicted molar refractivity (Wildman–Crippen MR) is 95.6 cm³/mol. The van der Waals surface area contributed by atoms with Gasteiger partial charge in [0.1, 0.15) is 5.75 Å². The maximum absolute atomic E-state index is 12.6. The molecule has 1 unspecified atom stereocenters. The third-order valence-corrected chi connectivity index (χ3v) is 2.94. The molecular formula is C16H21F6N5O4. The third-order valence-electron chi connectivity index (χ3n) is 2.94. The Bertz CT molecular complexity index is 757. The zero-order valence-electron chi connectivity index (χ0n) is 16.5. The number of ether oxygens (including phenoxy) is 3. The molecule has 0 aliphatic carbocycles. The van der Waals surface area contributed by atoms with Gasteiger partial charge in [-0.05, 0) is 26.0 Å². The lowest BCUT2D eigenvalue weighted by molar-refractivity contribution is -0.277. The number of guanidine groups is 2. The van der Waals surface area contributed by atoms with E-state index in [1.807, 2.05) is 0 Å². The van der Waals surface area contributed by atoms with Crippen LogP contribution >= 0.6 is 0 Å². The van der Waals surface area contributed by atoms with E-state index in [2.05, 4.69) is 25.6 Å². The number of hydroxylamine groups is 1. The molecule has 0 saturated heterocycles. The summed E-state index contributed by atoms with van der Waals surface area (Å²) in [5.74, 6) is -3.33. The van der Waals surface area contributed by atoms with Gasteiger partial charge in [0, 0.05) is 18.5 Å². The summed E-state index contributed by atoms with van der Waals surface area (Å²) >= 11 is 0. The summed E-state index contributed by atoms with van der Waals surface area (Å²) in [6.45, 7) is 5.05. The molecule has 0 aromatic heterocycles. The van der Waals surface area contributed by atoms with Gasteiger partial charge in [0.05, 0.1) is 0 Å². The Balaban J connectivity index is 2.86. The molecule has 176 valence electrons. The third kappa shape index (κ3) is 11.0. The average Bonchev–Trinajstić information content (AvgIpc) is 2.56. The fraction of sp³-hybridized carbons (Fsp3) is 0.500. The lowest BCUT2D eigenvalue weighted by Gasteiger charge is -2.22. The number of nitrogens with one attached hydrogen (secondary N) is 5. The molecule has 1 aromatic rings. The first kappa shape index (κ1) is 25.9. The summed E-state index contributed by atoms with van der Waals surface area (Å²) in [6, 6.07) is 1.78. The summed E-state index contributed by atoms with van der Waals surface area (Å²) in [6.07, 6.45) is -11.6. The molecule has 9 nitrogen and oxygen atoms in total. The highest BCUT2D eigenvalue weighted by molar-refractivity contribution is 5.95. The SMILES string of the molecule is CCC(ONC(=N)NC(=N)NC(C)C)Oc1ccc(OC(F)(F)F)cc1OC(F)(F)F. The molecule has 1 aromatic carbocycles. The van der Waals surface area contributed by atoms with E-state index < -0.39 is 42.2 Å². The van der Waals surface area contributed by atoms with Gasteiger partial charge in [0.25, 0.3) is 0 Å². The largest absolute Gasteiger partial charge is 0.573 e. The van der Waals surface area contributed by atoms with Crippen LogP contribution in [0.4, 0.5) is 26.3 Å². The number of alkyl halides is 6. The first-order chi connectivity index (χ1) is 14.2. The van der Waals surface area contributed by atoms with E-state index in [1.165, 1.54) is 6.92 Å². The molecule has 0 bridgehead atoms. The van der Waals surface area contributed by atoms with Gasteiger partial charge in [-0.15, -0.1) is 26.3 Å². The predicted octanol–water partition coefficient (Wildman–Crippen LogP) is 3.58. The van der Waals surface area contributed by atoms with Crippen molar-refractivity contribution in [2.75, 3.05) is 0 Å². The molecule has 0 aliphatic rings. The lowest BCUT2D eigenvalue weighted by atomic mass is 10.3. The number of benzene rings is 1. The normalized spacial score (nSPS) is 12.7. The van der Waals surface area contributed by atoms with Crippen molar-refractivity contribution in [2.45, 2.75) is 52.2 Å². The maximum Gasteiger partial charge on any atom is 0.573 e. The van der Waals surface area contributed by atoms with Crippen molar-refractivity contribution in [1.82, 2.24) is 16.1 Å². The smallest absolute Gasteiger partial charge is 0.459 e. The Kier molecular flexibility index (Phi) is 9.02. The molecule has 5 N–H and O–H groups in total. The molecule has 1 atom stereocenters. The minimum Gasteiger partial charge on any atom is -0.459 e. The number of rotatable bonds is 8. The Morgan fingerprint density at radius 1 is 0.968 bits per heavy atom. The first-order valence-electron chi connectivity index (χ1n) is 8.63. The van der Waals surface area contributed by atoms with Crippen LogP contribution in [-0.2, 0) is 4.84 Å². The number of halogens is 6. The monoisotopic (exact) mass is 461 g/mol. The van der Waals surface area contributed by atoms with Crippen molar-refractivity contribution in [3.63, 3.8) is 0 Å². The molecule has 0 spiro atoms. The summed E-state index contributed by atoms with van der Waals surface area (Å²) in [4.78, 5) is 5.03. The molecule has 15 heteroatoms. The topological polar surface area (TPSA) is 121 Å². The Hall–Kier alpha value is -3.10. The minimum atomic E-state index is -5.22. The molecular weight excluding hydrogens is 440 g/mol. The molecule has 31 heavy (non-hydrogen) atoms. The van der Waals surface area contributed by atoms with Gasteiger partial charge in [-0.25, -0.2) is 10.3 Å². The summed E-state index contributed by atoms with van der Waals surface area (Å²) in [5.41, 5.74) is 2.10. The van der Waals surface area contributed by atoms with Gasteiger partial charge in [0.2, 0.25) is 12.2 Å². The fourth-order valence-corrected chi connectivity index (χ4v) is 1.92. The molecule has 1 rings (SSSR count). The summed E-state index contributed by atoms with van der Waals surface area (Å²) in [5, 5.41) is 20.1. The Morgan fingerprint density at radius 2 is 1.58 bits per heavy atom. The summed E-state index contributed by atoms with van der Waals surface area (Å²) < 4.78 is 87.3. The van der Waals surface area contributed by atoms with Crippen LogP contribution < -0.4 is 30.3 Å². The van der Waals surface area contributed by atoms with Crippen molar-refractivity contribution in [3.05, 3.63) is 18.2 Å². The second-order valence-corrected chi connectivity index (χ2v) is 6.05. The van der Waals surface area contributed by atoms with Crippen LogP contribution in [0.1, 0.15) is 27.2 Å². The maximum atomic E-state index is 12.6. The molecule has 0 heterocycles. The molecule has 0 saturated carbocycles. The molecule has 0 radical (unpaired) electrons. The summed E-state index contributed by atoms with van der Waals surface area (Å²) in [7, 11) is 0. The highest BCUT2D eigenvalue weighted by atomic mass is 19.4. The molecule has 0 fully saturated rings. The molecule has 0 aliphatic heterocycles. The van der Waals surface area contributed by atoms with Crippen LogP contribution in [0.15, 0.2) is 18.2 Å². The van der Waals surface area contributed by atoms with Crippen LogP contribution in [0, 0.1) is 10.8 Å². The van der Waals surface area contributed by atoms with Crippen LogP contribution in [0.5, 0.6) is 17.2 Å². The number of hydrogen-bond donors (Lipinski definition) is 5. The van der Waals surface area contributed by atoms with E-state index in [4.69, 9.17) is 20.4 Å². The molecule has 0 amide bonds. The van der Waals surface area contributed by atoms with Gasteiger partial charge < -0.3 is 19.5 Å². The number of hydrogen-bond acceptors (Lipinski definition) is 6. The Morgan fingerprint density at radius 3 is 2.10 bits per heavy atom. The van der Waals surface area contributed by atoms with Gasteiger partial charge in [-0.2, -0.15) is 0 Å². The highest BCUT2D eigenvalue weighted by Crippen LogP contribution is 2.37. The average molecular weight is 461 g/mol. The van der Waals surface area contributed by atoms with Crippen molar-refractivity contribution >= 4 is 11.9 Å². The highest BCUT2D eigenvalue weighted by Gasteiger charge is 2.35. The minimum absolute atomic E-state index is 0.0498. The first-order valence-corrected chi connectivity index (χ1v) is 8.63. The van der Waals surface area contributed by atoms with E-state index in [0.29, 0.717) is 6.07 Å². The van der Waals surface area contributed by atoms with Crippen LogP contribution in [0.3, 0.4) is 0 Å². The lowest BCUT2D eigenvalue weighted by Crippen LogP contribution is -2.48. The van der Waals surface area contributed by atoms with Gasteiger partial charge in [-0.3, -0.25) is 16.1 Å². The van der Waals surface area contributed by atoms with Crippen LogP contribution in [0.25, 0.3) is 0 Å². The van der Waals surface area contributed by atoms with Crippen molar-refractivity contribution in [3.8, 4) is 17.2 Å². The van der Waals surface area contributed by atoms with Crippen molar-refractivity contribution < 1.29 is 45.4 Å². The Labute approximate surface area is 173 Å². The second-order valence-electron chi connectivity index (χ2n) is 6.05. The zero-order valence-corrected chi connectivity index (χ0v) is 16.5.